The number of nitrogens with one attached hydrogen (secondary N) is 1. The number of carbonyl (C=O) groups is 2. The lowest BCUT2D eigenvalue weighted by molar-refractivity contribution is -0.131. The molecule has 1 aromatic heterocycles. The number of thioether (sulfide) groups is 1. The zero-order valence-corrected chi connectivity index (χ0v) is 13.7. The van der Waals surface area contributed by atoms with Crippen molar-refractivity contribution in [2.24, 2.45) is 0 Å². The van der Waals surface area contributed by atoms with Crippen LogP contribution < -0.4 is 5.32 Å². The van der Waals surface area contributed by atoms with E-state index in [1.807, 2.05) is 41.8 Å². The van der Waals surface area contributed by atoms with Crippen molar-refractivity contribution >= 4 is 40.6 Å². The van der Waals surface area contributed by atoms with Gasteiger partial charge in [-0.05, 0) is 23.6 Å². The Labute approximate surface area is 137 Å². The number of carbonyl (C=O) groups excluding carboxylic acids is 2. The average molecular weight is 332 g/mol. The van der Waals surface area contributed by atoms with E-state index in [1.165, 1.54) is 11.8 Å². The van der Waals surface area contributed by atoms with Crippen LogP contribution in [0.5, 0.6) is 0 Å². The molecule has 0 aliphatic carbocycles. The normalized spacial score (nSPS) is 16.8. The van der Waals surface area contributed by atoms with Gasteiger partial charge in [0, 0.05) is 23.2 Å². The smallest absolute Gasteiger partial charge is 0.238 e. The molecule has 6 heteroatoms. The molecule has 0 fully saturated rings. The first-order valence-corrected chi connectivity index (χ1v) is 8.72. The number of nitrogens with zero attached hydrogens (tertiary/aromatic N) is 1. The van der Waals surface area contributed by atoms with Crippen molar-refractivity contribution in [2.45, 2.75) is 23.1 Å². The van der Waals surface area contributed by atoms with E-state index in [4.69, 9.17) is 0 Å². The second-order valence-corrected chi connectivity index (χ2v) is 7.40. The quantitative estimate of drug-likeness (QED) is 0.935. The Morgan fingerprint density at radius 3 is 2.86 bits per heavy atom. The average Bonchev–Trinajstić information content (AvgIpc) is 3.00. The summed E-state index contributed by atoms with van der Waals surface area (Å²) in [7, 11) is 1.78. The van der Waals surface area contributed by atoms with Crippen molar-refractivity contribution in [3.8, 4) is 0 Å². The van der Waals surface area contributed by atoms with Crippen molar-refractivity contribution in [3.63, 3.8) is 0 Å². The van der Waals surface area contributed by atoms with Crippen molar-refractivity contribution in [1.82, 2.24) is 4.90 Å². The van der Waals surface area contributed by atoms with Crippen LogP contribution in [0.25, 0.3) is 0 Å². The summed E-state index contributed by atoms with van der Waals surface area (Å²) in [4.78, 5) is 28.3. The minimum absolute atomic E-state index is 0.0135. The molecule has 0 saturated carbocycles. The minimum atomic E-state index is -0.367. The Balaban J connectivity index is 1.63. The first kappa shape index (κ1) is 15.1. The number of thiophene rings is 1. The number of benzene rings is 1. The summed E-state index contributed by atoms with van der Waals surface area (Å²) in [5.41, 5.74) is 0.827. The monoisotopic (exact) mass is 332 g/mol. The molecule has 0 bridgehead atoms. The third-order valence-corrected chi connectivity index (χ3v) is 5.60. The maximum atomic E-state index is 12.3. The Bertz CT molecular complexity index is 685. The number of hydrogen-bond acceptors (Lipinski definition) is 4. The maximum absolute atomic E-state index is 12.3. The minimum Gasteiger partial charge on any atom is -0.341 e. The van der Waals surface area contributed by atoms with Crippen LogP contribution in [0.4, 0.5) is 5.69 Å². The molecule has 22 heavy (non-hydrogen) atoms. The summed E-state index contributed by atoms with van der Waals surface area (Å²) in [5.74, 6) is -0.109. The van der Waals surface area contributed by atoms with E-state index >= 15 is 0 Å². The highest BCUT2D eigenvalue weighted by atomic mass is 32.2. The number of para-hydroxylation sites is 1. The van der Waals surface area contributed by atoms with E-state index in [9.17, 15) is 9.59 Å². The predicted octanol–water partition coefficient (Wildman–Crippen LogP) is 3.21. The van der Waals surface area contributed by atoms with Crippen LogP contribution in [0.1, 0.15) is 11.3 Å². The lowest BCUT2D eigenvalue weighted by Gasteiger charge is -2.25. The first-order chi connectivity index (χ1) is 10.6. The first-order valence-electron chi connectivity index (χ1n) is 6.96. The van der Waals surface area contributed by atoms with Crippen LogP contribution in [0, 0.1) is 0 Å². The van der Waals surface area contributed by atoms with Crippen LogP contribution >= 0.6 is 23.1 Å². The van der Waals surface area contributed by atoms with Gasteiger partial charge in [0.15, 0.2) is 0 Å². The Morgan fingerprint density at radius 2 is 2.09 bits per heavy atom. The molecule has 1 aliphatic rings. The van der Waals surface area contributed by atoms with Gasteiger partial charge in [0.05, 0.1) is 17.5 Å². The Hall–Kier alpha value is -1.79. The van der Waals surface area contributed by atoms with Crippen LogP contribution in [-0.4, -0.2) is 29.0 Å². The van der Waals surface area contributed by atoms with E-state index < -0.39 is 0 Å². The predicted molar refractivity (Wildman–Crippen MR) is 90.1 cm³/mol. The molecule has 2 heterocycles. The van der Waals surface area contributed by atoms with Gasteiger partial charge in [0.1, 0.15) is 0 Å². The molecule has 2 amide bonds. The van der Waals surface area contributed by atoms with Gasteiger partial charge in [-0.1, -0.05) is 18.2 Å². The standard InChI is InChI=1S/C16H16N2O2S2/c1-18(10-11-5-4-8-21-11)15(19)9-14-16(20)17-12-6-2-3-7-13(12)22-14/h2-8,14H,9-10H2,1H3,(H,17,20). The molecule has 1 aromatic carbocycles. The Morgan fingerprint density at radius 1 is 1.27 bits per heavy atom. The van der Waals surface area contributed by atoms with Crippen molar-refractivity contribution in [3.05, 3.63) is 46.7 Å². The number of amides is 2. The van der Waals surface area contributed by atoms with Crippen LogP contribution in [0.3, 0.4) is 0 Å². The van der Waals surface area contributed by atoms with Gasteiger partial charge in [0.2, 0.25) is 11.8 Å². The molecule has 2 aromatic rings. The SMILES string of the molecule is CN(Cc1cccs1)C(=O)CC1Sc2ccccc2NC1=O. The molecule has 0 spiro atoms. The molecular formula is C16H16N2O2S2. The zero-order chi connectivity index (χ0) is 15.5. The summed E-state index contributed by atoms with van der Waals surface area (Å²) in [6.07, 6.45) is 0.215. The van der Waals surface area contributed by atoms with Gasteiger partial charge in [-0.3, -0.25) is 9.59 Å². The van der Waals surface area contributed by atoms with E-state index in [2.05, 4.69) is 5.32 Å². The molecule has 114 valence electrons. The van der Waals surface area contributed by atoms with E-state index in [0.717, 1.165) is 15.5 Å². The molecule has 1 aliphatic heterocycles. The molecule has 1 unspecified atom stereocenters. The van der Waals surface area contributed by atoms with Crippen LogP contribution in [-0.2, 0) is 16.1 Å². The van der Waals surface area contributed by atoms with Crippen molar-refractivity contribution in [2.75, 3.05) is 12.4 Å². The Kier molecular flexibility index (Phi) is 4.49. The van der Waals surface area contributed by atoms with Crippen molar-refractivity contribution < 1.29 is 9.59 Å². The number of fused-ring (bicyclic) bond motifs is 1. The number of hydrogen-bond donors (Lipinski definition) is 1. The highest BCUT2D eigenvalue weighted by molar-refractivity contribution is 8.01. The molecule has 1 atom stereocenters. The lowest BCUT2D eigenvalue weighted by atomic mass is 10.2. The van der Waals surface area contributed by atoms with Gasteiger partial charge in [-0.15, -0.1) is 23.1 Å². The summed E-state index contributed by atoms with van der Waals surface area (Å²) in [6.45, 7) is 0.589. The molecule has 0 saturated heterocycles. The third kappa shape index (κ3) is 3.34. The van der Waals surface area contributed by atoms with Gasteiger partial charge >= 0.3 is 0 Å². The van der Waals surface area contributed by atoms with Gasteiger partial charge in [-0.25, -0.2) is 0 Å². The van der Waals surface area contributed by atoms with E-state index in [0.29, 0.717) is 6.54 Å². The summed E-state index contributed by atoms with van der Waals surface area (Å²) in [6, 6.07) is 11.6. The summed E-state index contributed by atoms with van der Waals surface area (Å²) >= 11 is 3.09. The van der Waals surface area contributed by atoms with Crippen LogP contribution in [0.2, 0.25) is 0 Å². The van der Waals surface area contributed by atoms with E-state index in [-0.39, 0.29) is 23.5 Å². The zero-order valence-electron chi connectivity index (χ0n) is 12.1. The van der Waals surface area contributed by atoms with Crippen LogP contribution in [0.15, 0.2) is 46.7 Å². The summed E-state index contributed by atoms with van der Waals surface area (Å²) < 4.78 is 0. The molecule has 4 nitrogen and oxygen atoms in total. The van der Waals surface area contributed by atoms with Gasteiger partial charge in [0.25, 0.3) is 0 Å². The molecule has 1 N–H and O–H groups in total. The second-order valence-electron chi connectivity index (χ2n) is 5.13. The summed E-state index contributed by atoms with van der Waals surface area (Å²) in [5, 5.41) is 4.50. The van der Waals surface area contributed by atoms with Crippen molar-refractivity contribution in [1.29, 1.82) is 0 Å². The number of anilines is 1. The molecular weight excluding hydrogens is 316 g/mol. The third-order valence-electron chi connectivity index (χ3n) is 3.47. The highest BCUT2D eigenvalue weighted by Gasteiger charge is 2.29. The lowest BCUT2D eigenvalue weighted by Crippen LogP contribution is -2.35. The molecule has 3 rings (SSSR count). The fourth-order valence-corrected chi connectivity index (χ4v) is 4.12. The number of rotatable bonds is 4. The second kappa shape index (κ2) is 6.54. The topological polar surface area (TPSA) is 49.4 Å². The fourth-order valence-electron chi connectivity index (χ4n) is 2.27. The molecule has 0 radical (unpaired) electrons. The maximum Gasteiger partial charge on any atom is 0.238 e. The van der Waals surface area contributed by atoms with E-state index in [1.54, 1.807) is 23.3 Å². The largest absolute Gasteiger partial charge is 0.341 e. The fraction of sp³-hybridized carbons (Fsp3) is 0.250. The van der Waals surface area contributed by atoms with Gasteiger partial charge in [-0.2, -0.15) is 0 Å². The van der Waals surface area contributed by atoms with Gasteiger partial charge < -0.3 is 10.2 Å². The highest BCUT2D eigenvalue weighted by Crippen LogP contribution is 2.36.